The Morgan fingerprint density at radius 2 is 1.71 bits per heavy atom. The van der Waals surface area contributed by atoms with Crippen LogP contribution in [0.1, 0.15) is 47.0 Å². The van der Waals surface area contributed by atoms with Gasteiger partial charge >= 0.3 is 0 Å². The first-order chi connectivity index (χ1) is 6.33. The van der Waals surface area contributed by atoms with Gasteiger partial charge in [0.05, 0.1) is 11.2 Å². The number of morpholine rings is 1. The van der Waals surface area contributed by atoms with E-state index in [1.54, 1.807) is 0 Å². The summed E-state index contributed by atoms with van der Waals surface area (Å²) in [5.74, 6) is 0. The van der Waals surface area contributed by atoms with Gasteiger partial charge in [-0.3, -0.25) is 0 Å². The van der Waals surface area contributed by atoms with Gasteiger partial charge < -0.3 is 10.1 Å². The molecule has 2 heteroatoms. The van der Waals surface area contributed by atoms with Crippen LogP contribution < -0.4 is 5.32 Å². The second-order valence-electron chi connectivity index (χ2n) is 6.49. The fourth-order valence-corrected chi connectivity index (χ4v) is 3.10. The Bertz CT molecular complexity index is 234. The van der Waals surface area contributed by atoms with E-state index in [1.807, 2.05) is 0 Å². The molecule has 0 radical (unpaired) electrons. The van der Waals surface area contributed by atoms with Crippen LogP contribution >= 0.6 is 0 Å². The molecular weight excluding hydrogens is 174 g/mol. The molecule has 2 rings (SSSR count). The van der Waals surface area contributed by atoms with Crippen molar-refractivity contribution in [3.63, 3.8) is 0 Å². The number of hydrogen-bond donors (Lipinski definition) is 1. The first-order valence-electron chi connectivity index (χ1n) is 5.74. The monoisotopic (exact) mass is 197 g/mol. The van der Waals surface area contributed by atoms with Crippen LogP contribution in [0.5, 0.6) is 0 Å². The zero-order valence-electron chi connectivity index (χ0n) is 9.94. The lowest BCUT2D eigenvalue weighted by Crippen LogP contribution is -2.57. The van der Waals surface area contributed by atoms with Gasteiger partial charge in [-0.05, 0) is 38.5 Å². The van der Waals surface area contributed by atoms with E-state index in [0.29, 0.717) is 5.41 Å². The lowest BCUT2D eigenvalue weighted by molar-refractivity contribution is -0.161. The molecule has 82 valence electrons. The van der Waals surface area contributed by atoms with Crippen molar-refractivity contribution in [1.29, 1.82) is 0 Å². The molecule has 0 aromatic rings. The van der Waals surface area contributed by atoms with E-state index in [-0.39, 0.29) is 11.2 Å². The molecule has 2 aliphatic rings. The maximum absolute atomic E-state index is 6.30. The number of nitrogens with one attached hydrogen (secondary N) is 1. The van der Waals surface area contributed by atoms with Crippen LogP contribution in [0, 0.1) is 5.41 Å². The van der Waals surface area contributed by atoms with E-state index in [9.17, 15) is 0 Å². The van der Waals surface area contributed by atoms with E-state index in [2.05, 4.69) is 33.0 Å². The standard InChI is InChI=1S/C12H23NO/c1-10(2)5-6-12(7-10)9-13-8-11(3,4)14-12/h13H,5-9H2,1-4H3. The molecule has 1 saturated heterocycles. The van der Waals surface area contributed by atoms with Gasteiger partial charge in [-0.2, -0.15) is 0 Å². The van der Waals surface area contributed by atoms with Crippen molar-refractivity contribution in [2.24, 2.45) is 5.41 Å². The minimum absolute atomic E-state index is 0.0126. The zero-order valence-corrected chi connectivity index (χ0v) is 9.94. The summed E-state index contributed by atoms with van der Waals surface area (Å²) in [6, 6.07) is 0. The Morgan fingerprint density at radius 3 is 2.21 bits per heavy atom. The number of rotatable bonds is 0. The molecule has 1 aliphatic carbocycles. The predicted octanol–water partition coefficient (Wildman–Crippen LogP) is 2.33. The molecule has 1 spiro atoms. The van der Waals surface area contributed by atoms with Gasteiger partial charge in [0, 0.05) is 13.1 Å². The summed E-state index contributed by atoms with van der Waals surface area (Å²) in [6.07, 6.45) is 3.72. The van der Waals surface area contributed by atoms with Gasteiger partial charge in [-0.15, -0.1) is 0 Å². The summed E-state index contributed by atoms with van der Waals surface area (Å²) < 4.78 is 6.30. The fourth-order valence-electron chi connectivity index (χ4n) is 3.10. The van der Waals surface area contributed by atoms with Crippen LogP contribution in [0.4, 0.5) is 0 Å². The smallest absolute Gasteiger partial charge is 0.0819 e. The van der Waals surface area contributed by atoms with E-state index >= 15 is 0 Å². The molecule has 1 N–H and O–H groups in total. The van der Waals surface area contributed by atoms with Crippen LogP contribution in [0.15, 0.2) is 0 Å². The molecule has 2 nitrogen and oxygen atoms in total. The lowest BCUT2D eigenvalue weighted by Gasteiger charge is -2.44. The van der Waals surface area contributed by atoms with E-state index in [0.717, 1.165) is 13.1 Å². The zero-order chi connectivity index (χ0) is 10.4. The Kier molecular flexibility index (Phi) is 2.20. The van der Waals surface area contributed by atoms with Crippen molar-refractivity contribution in [2.45, 2.75) is 58.2 Å². The average Bonchev–Trinajstić information content (AvgIpc) is 2.24. The Balaban J connectivity index is 2.10. The van der Waals surface area contributed by atoms with Gasteiger partial charge in [0.25, 0.3) is 0 Å². The SMILES string of the molecule is CC1(C)CCC2(CNCC(C)(C)O2)C1. The molecule has 2 fully saturated rings. The molecule has 0 amide bonds. The third-order valence-electron chi connectivity index (χ3n) is 3.55. The summed E-state index contributed by atoms with van der Waals surface area (Å²) in [4.78, 5) is 0. The summed E-state index contributed by atoms with van der Waals surface area (Å²) in [5, 5.41) is 3.52. The predicted molar refractivity (Wildman–Crippen MR) is 58.4 cm³/mol. The van der Waals surface area contributed by atoms with Crippen LogP contribution in [-0.2, 0) is 4.74 Å². The van der Waals surface area contributed by atoms with Gasteiger partial charge in [-0.25, -0.2) is 0 Å². The molecule has 0 aromatic carbocycles. The fraction of sp³-hybridized carbons (Fsp3) is 1.00. The second kappa shape index (κ2) is 2.96. The molecule has 0 aromatic heterocycles. The highest BCUT2D eigenvalue weighted by atomic mass is 16.5. The highest BCUT2D eigenvalue weighted by Gasteiger charge is 2.48. The third kappa shape index (κ3) is 1.96. The average molecular weight is 197 g/mol. The lowest BCUT2D eigenvalue weighted by atomic mass is 9.88. The largest absolute Gasteiger partial charge is 0.366 e. The highest BCUT2D eigenvalue weighted by molar-refractivity contribution is 5.01. The van der Waals surface area contributed by atoms with Crippen LogP contribution in [0.25, 0.3) is 0 Å². The first-order valence-corrected chi connectivity index (χ1v) is 5.74. The first kappa shape index (κ1) is 10.4. The van der Waals surface area contributed by atoms with Crippen LogP contribution in [-0.4, -0.2) is 24.3 Å². The molecule has 0 bridgehead atoms. The van der Waals surface area contributed by atoms with Gasteiger partial charge in [0.2, 0.25) is 0 Å². The molecule has 14 heavy (non-hydrogen) atoms. The van der Waals surface area contributed by atoms with E-state index < -0.39 is 0 Å². The van der Waals surface area contributed by atoms with Crippen molar-refractivity contribution in [3.8, 4) is 0 Å². The Labute approximate surface area is 87.4 Å². The quantitative estimate of drug-likeness (QED) is 0.643. The molecule has 1 atom stereocenters. The van der Waals surface area contributed by atoms with Crippen molar-refractivity contribution in [2.75, 3.05) is 13.1 Å². The maximum Gasteiger partial charge on any atom is 0.0819 e. The summed E-state index contributed by atoms with van der Waals surface area (Å²) >= 11 is 0. The topological polar surface area (TPSA) is 21.3 Å². The molecule has 1 unspecified atom stereocenters. The number of ether oxygens (including phenoxy) is 1. The van der Waals surface area contributed by atoms with Crippen molar-refractivity contribution in [1.82, 2.24) is 5.32 Å². The molecular formula is C12H23NO. The second-order valence-corrected chi connectivity index (χ2v) is 6.49. The molecule has 1 saturated carbocycles. The third-order valence-corrected chi connectivity index (χ3v) is 3.55. The Morgan fingerprint density at radius 1 is 1.00 bits per heavy atom. The van der Waals surface area contributed by atoms with Gasteiger partial charge in [0.1, 0.15) is 0 Å². The summed E-state index contributed by atoms with van der Waals surface area (Å²) in [6.45, 7) is 11.1. The van der Waals surface area contributed by atoms with Crippen LogP contribution in [0.3, 0.4) is 0 Å². The van der Waals surface area contributed by atoms with Gasteiger partial charge in [0.15, 0.2) is 0 Å². The normalized spacial score (nSPS) is 40.3. The van der Waals surface area contributed by atoms with E-state index in [4.69, 9.17) is 4.74 Å². The minimum atomic E-state index is 0.0126. The summed E-state index contributed by atoms with van der Waals surface area (Å²) in [5.41, 5.74) is 0.610. The van der Waals surface area contributed by atoms with Gasteiger partial charge in [-0.1, -0.05) is 13.8 Å². The van der Waals surface area contributed by atoms with Crippen molar-refractivity contribution >= 4 is 0 Å². The molecule has 1 aliphatic heterocycles. The van der Waals surface area contributed by atoms with Crippen molar-refractivity contribution < 1.29 is 4.74 Å². The van der Waals surface area contributed by atoms with Crippen LogP contribution in [0.2, 0.25) is 0 Å². The molecule has 1 heterocycles. The maximum atomic E-state index is 6.30. The summed E-state index contributed by atoms with van der Waals surface area (Å²) in [7, 11) is 0. The van der Waals surface area contributed by atoms with Crippen molar-refractivity contribution in [3.05, 3.63) is 0 Å². The Hall–Kier alpha value is -0.0800. The highest BCUT2D eigenvalue weighted by Crippen LogP contribution is 2.47. The number of hydrogen-bond acceptors (Lipinski definition) is 2. The minimum Gasteiger partial charge on any atom is -0.366 e. The van der Waals surface area contributed by atoms with E-state index in [1.165, 1.54) is 19.3 Å².